The van der Waals surface area contributed by atoms with Crippen molar-refractivity contribution in [1.29, 1.82) is 0 Å². The molecule has 2 aliphatic carbocycles. The molecular weight excluding hydrogens is 388 g/mol. The van der Waals surface area contributed by atoms with Crippen molar-refractivity contribution in [3.8, 4) is 0 Å². The summed E-state index contributed by atoms with van der Waals surface area (Å²) in [5, 5.41) is 0. The van der Waals surface area contributed by atoms with E-state index in [1.807, 2.05) is 42.5 Å². The Labute approximate surface area is 184 Å². The van der Waals surface area contributed by atoms with Gasteiger partial charge in [-0.2, -0.15) is 0 Å². The Hall–Kier alpha value is -2.27. The highest BCUT2D eigenvalue weighted by atomic mass is 16.6. The molecule has 5 rings (SSSR count). The largest absolute Gasteiger partial charge is 0.373 e. The molecule has 4 heteroatoms. The molecule has 1 saturated carbocycles. The second-order valence-electron chi connectivity index (χ2n) is 9.14. The number of benzene rings is 2. The van der Waals surface area contributed by atoms with E-state index >= 15 is 0 Å². The smallest absolute Gasteiger partial charge is 0.165 e. The minimum absolute atomic E-state index is 0.0234. The van der Waals surface area contributed by atoms with E-state index in [1.54, 1.807) is 6.92 Å². The Balaban J connectivity index is 1.43. The first kappa shape index (κ1) is 20.6. The van der Waals surface area contributed by atoms with Crippen LogP contribution in [0, 0.1) is 17.8 Å². The van der Waals surface area contributed by atoms with Gasteiger partial charge in [0, 0.05) is 11.8 Å². The lowest BCUT2D eigenvalue weighted by Crippen LogP contribution is -2.56. The van der Waals surface area contributed by atoms with E-state index in [2.05, 4.69) is 37.3 Å². The Kier molecular flexibility index (Phi) is 5.55. The van der Waals surface area contributed by atoms with Crippen molar-refractivity contribution in [2.75, 3.05) is 0 Å². The van der Waals surface area contributed by atoms with Gasteiger partial charge in [-0.1, -0.05) is 73.7 Å². The molecule has 7 atom stereocenters. The van der Waals surface area contributed by atoms with Gasteiger partial charge in [-0.3, -0.25) is 4.79 Å². The van der Waals surface area contributed by atoms with Gasteiger partial charge in [-0.15, -0.1) is 0 Å². The molecule has 0 N–H and O–H groups in total. The van der Waals surface area contributed by atoms with Crippen LogP contribution in [0.5, 0.6) is 0 Å². The fourth-order valence-electron chi connectivity index (χ4n) is 5.83. The summed E-state index contributed by atoms with van der Waals surface area (Å²) in [7, 11) is 0. The van der Waals surface area contributed by atoms with Gasteiger partial charge in [0.15, 0.2) is 11.4 Å². The minimum atomic E-state index is -0.895. The van der Waals surface area contributed by atoms with Crippen LogP contribution in [-0.2, 0) is 32.2 Å². The highest BCUT2D eigenvalue weighted by Gasteiger charge is 2.67. The van der Waals surface area contributed by atoms with Crippen molar-refractivity contribution in [3.05, 3.63) is 83.9 Å². The molecule has 3 aliphatic rings. The summed E-state index contributed by atoms with van der Waals surface area (Å²) in [6, 6.07) is 20.4. The molecule has 2 aromatic carbocycles. The normalized spacial score (nSPS) is 35.8. The summed E-state index contributed by atoms with van der Waals surface area (Å²) >= 11 is 0. The molecule has 2 aromatic rings. The molecule has 4 bridgehead atoms. The number of hydrogen-bond donors (Lipinski definition) is 0. The van der Waals surface area contributed by atoms with Crippen molar-refractivity contribution in [3.63, 3.8) is 0 Å². The van der Waals surface area contributed by atoms with Crippen molar-refractivity contribution in [2.24, 2.45) is 17.8 Å². The molecule has 1 aliphatic heterocycles. The quantitative estimate of drug-likeness (QED) is 0.610. The zero-order valence-corrected chi connectivity index (χ0v) is 18.1. The van der Waals surface area contributed by atoms with E-state index in [1.165, 1.54) is 0 Å². The third-order valence-electron chi connectivity index (χ3n) is 7.32. The third kappa shape index (κ3) is 3.57. The molecule has 1 saturated heterocycles. The second-order valence-corrected chi connectivity index (χ2v) is 9.14. The van der Waals surface area contributed by atoms with E-state index in [4.69, 9.17) is 14.2 Å². The van der Waals surface area contributed by atoms with Gasteiger partial charge in [0.1, 0.15) is 0 Å². The maximum Gasteiger partial charge on any atom is 0.165 e. The van der Waals surface area contributed by atoms with Crippen molar-refractivity contribution in [2.45, 2.75) is 57.4 Å². The van der Waals surface area contributed by atoms with Crippen LogP contribution in [0.25, 0.3) is 0 Å². The van der Waals surface area contributed by atoms with Gasteiger partial charge >= 0.3 is 0 Å². The van der Waals surface area contributed by atoms with Crippen molar-refractivity contribution < 1.29 is 19.0 Å². The van der Waals surface area contributed by atoms with Crippen LogP contribution in [-0.4, -0.2) is 29.7 Å². The molecule has 2 fully saturated rings. The predicted molar refractivity (Wildman–Crippen MR) is 118 cm³/mol. The topological polar surface area (TPSA) is 44.8 Å². The summed E-state index contributed by atoms with van der Waals surface area (Å²) in [6.45, 7) is 4.88. The highest BCUT2D eigenvalue weighted by molar-refractivity contribution is 5.88. The lowest BCUT2D eigenvalue weighted by Gasteiger charge is -2.46. The van der Waals surface area contributed by atoms with E-state index < -0.39 is 5.60 Å². The first-order valence-corrected chi connectivity index (χ1v) is 11.3. The van der Waals surface area contributed by atoms with Crippen LogP contribution >= 0.6 is 0 Å². The Morgan fingerprint density at radius 2 is 1.55 bits per heavy atom. The van der Waals surface area contributed by atoms with Gasteiger partial charge in [0.2, 0.25) is 0 Å². The molecule has 0 amide bonds. The Bertz CT molecular complexity index is 940. The first-order valence-electron chi connectivity index (χ1n) is 11.3. The van der Waals surface area contributed by atoms with Gasteiger partial charge in [0.25, 0.3) is 0 Å². The lowest BCUT2D eigenvalue weighted by molar-refractivity contribution is -0.150. The van der Waals surface area contributed by atoms with Gasteiger partial charge in [-0.05, 0) is 36.5 Å². The molecule has 0 radical (unpaired) electrons. The average Bonchev–Trinajstić information content (AvgIpc) is 2.92. The standard InChI is InChI=1S/C27H30O4/c1-18-24(29-16-20-10-5-3-6-11-20)23-22-14-9-15-27(23,19(2)28)31-26(22)25(18)30-17-21-12-7-4-8-13-21/h3-13,15,18,22-26H,14,16-17H2,1-2H3/t18-,22-,23+,24-,25-,26+,27-/m1/s1. The number of carbonyl (C=O) groups is 1. The monoisotopic (exact) mass is 418 g/mol. The minimum Gasteiger partial charge on any atom is -0.373 e. The van der Waals surface area contributed by atoms with Crippen LogP contribution in [0.2, 0.25) is 0 Å². The number of carbonyl (C=O) groups excluding carboxylic acids is 1. The van der Waals surface area contributed by atoms with Crippen LogP contribution in [0.4, 0.5) is 0 Å². The van der Waals surface area contributed by atoms with E-state index in [9.17, 15) is 4.79 Å². The van der Waals surface area contributed by atoms with Crippen molar-refractivity contribution in [1.82, 2.24) is 0 Å². The molecule has 0 unspecified atom stereocenters. The Morgan fingerprint density at radius 1 is 0.968 bits per heavy atom. The Morgan fingerprint density at radius 3 is 2.13 bits per heavy atom. The van der Waals surface area contributed by atoms with Crippen LogP contribution in [0.1, 0.15) is 31.4 Å². The van der Waals surface area contributed by atoms with Gasteiger partial charge in [-0.25, -0.2) is 0 Å². The zero-order chi connectivity index (χ0) is 21.4. The number of ether oxygens (including phenoxy) is 3. The lowest BCUT2D eigenvalue weighted by atomic mass is 9.62. The molecule has 4 nitrogen and oxygen atoms in total. The number of Topliss-reactive ketones (excluding diaryl/α,β-unsaturated/α-hetero) is 1. The molecule has 162 valence electrons. The summed E-state index contributed by atoms with van der Waals surface area (Å²) in [4.78, 5) is 12.9. The van der Waals surface area contributed by atoms with Crippen LogP contribution in [0.3, 0.4) is 0 Å². The number of hydrogen-bond acceptors (Lipinski definition) is 4. The van der Waals surface area contributed by atoms with E-state index in [0.717, 1.165) is 17.5 Å². The fraction of sp³-hybridized carbons (Fsp3) is 0.444. The predicted octanol–water partition coefficient (Wildman–Crippen LogP) is 4.73. The second kappa shape index (κ2) is 8.34. The van der Waals surface area contributed by atoms with Gasteiger partial charge in [0.05, 0.1) is 31.5 Å². The summed E-state index contributed by atoms with van der Waals surface area (Å²) in [6.07, 6.45) is 4.66. The molecule has 0 aromatic heterocycles. The van der Waals surface area contributed by atoms with Crippen molar-refractivity contribution >= 4 is 5.78 Å². The molecular formula is C27H30O4. The fourth-order valence-corrected chi connectivity index (χ4v) is 5.83. The van der Waals surface area contributed by atoms with E-state index in [0.29, 0.717) is 13.2 Å². The molecule has 31 heavy (non-hydrogen) atoms. The number of ketones is 1. The van der Waals surface area contributed by atoms with E-state index in [-0.39, 0.29) is 41.8 Å². The highest BCUT2D eigenvalue weighted by Crippen LogP contribution is 2.57. The number of rotatable bonds is 7. The van der Waals surface area contributed by atoms with Crippen LogP contribution < -0.4 is 0 Å². The summed E-state index contributed by atoms with van der Waals surface area (Å²) in [5.74, 6) is 0.429. The third-order valence-corrected chi connectivity index (χ3v) is 7.32. The summed E-state index contributed by atoms with van der Waals surface area (Å²) < 4.78 is 19.6. The zero-order valence-electron chi connectivity index (χ0n) is 18.1. The van der Waals surface area contributed by atoms with Gasteiger partial charge < -0.3 is 14.2 Å². The average molecular weight is 419 g/mol. The molecule has 0 spiro atoms. The number of allylic oxidation sites excluding steroid dienone is 1. The molecule has 1 heterocycles. The maximum absolute atomic E-state index is 12.9. The summed E-state index contributed by atoms with van der Waals surface area (Å²) in [5.41, 5.74) is 1.38. The van der Waals surface area contributed by atoms with Crippen LogP contribution in [0.15, 0.2) is 72.8 Å². The SMILES string of the molecule is CC(=O)[C@@]12C=CC[C@H]3[C@H](O1)[C@H](OCc1ccccc1)[C@H](C)[C@@H](OCc1ccccc1)[C@H]32. The maximum atomic E-state index is 12.9. The first-order chi connectivity index (χ1) is 15.1.